The van der Waals surface area contributed by atoms with Crippen molar-refractivity contribution in [1.82, 2.24) is 9.80 Å². The van der Waals surface area contributed by atoms with E-state index in [-0.39, 0.29) is 0 Å². The van der Waals surface area contributed by atoms with Gasteiger partial charge in [-0.05, 0) is 61.7 Å². The average Bonchev–Trinajstić information content (AvgIpc) is 2.89. The van der Waals surface area contributed by atoms with Gasteiger partial charge in [0.15, 0.2) is 0 Å². The summed E-state index contributed by atoms with van der Waals surface area (Å²) in [5, 5.41) is 9.87. The van der Waals surface area contributed by atoms with Crippen LogP contribution in [-0.2, 0) is 15.6 Å². The van der Waals surface area contributed by atoms with Crippen molar-refractivity contribution in [2.24, 2.45) is 0 Å². The number of benzene rings is 3. The number of carboxylic acid groups (broad SMARTS) is 1. The molecule has 188 valence electrons. The van der Waals surface area contributed by atoms with Crippen LogP contribution in [-0.4, -0.2) is 64.4 Å². The Bertz CT molecular complexity index is 1270. The summed E-state index contributed by atoms with van der Waals surface area (Å²) in [6, 6.07) is 21.0. The highest BCUT2D eigenvalue weighted by molar-refractivity contribution is 7.85. The van der Waals surface area contributed by atoms with Gasteiger partial charge in [-0.25, -0.2) is 4.21 Å². The van der Waals surface area contributed by atoms with Gasteiger partial charge < -0.3 is 14.9 Å². The second-order valence-corrected chi connectivity index (χ2v) is 11.0. The molecule has 3 aromatic carbocycles. The van der Waals surface area contributed by atoms with Crippen molar-refractivity contribution >= 4 is 28.1 Å². The first kappa shape index (κ1) is 24.7. The fourth-order valence-electron chi connectivity index (χ4n) is 5.41. The summed E-state index contributed by atoms with van der Waals surface area (Å²) in [6.07, 6.45) is 0.967. The number of rotatable bonds is 7. The lowest BCUT2D eigenvalue weighted by molar-refractivity contribution is -0.144. The van der Waals surface area contributed by atoms with Gasteiger partial charge in [0, 0.05) is 32.7 Å². The smallest absolute Gasteiger partial charge is 0.325 e. The number of hydrogen-bond acceptors (Lipinski definition) is 5. The van der Waals surface area contributed by atoms with Crippen LogP contribution in [0.3, 0.4) is 0 Å². The minimum atomic E-state index is -1.17. The number of aliphatic carboxylic acids is 1. The number of anilines is 2. The summed E-state index contributed by atoms with van der Waals surface area (Å²) in [4.78, 5) is 20.6. The van der Waals surface area contributed by atoms with Crippen molar-refractivity contribution < 1.29 is 14.1 Å². The first-order chi connectivity index (χ1) is 17.5. The highest BCUT2D eigenvalue weighted by Crippen LogP contribution is 2.44. The lowest BCUT2D eigenvalue weighted by atomic mass is 10.0. The molecule has 5 rings (SSSR count). The predicted octanol–water partition coefficient (Wildman–Crippen LogP) is 4.76. The van der Waals surface area contributed by atoms with E-state index in [9.17, 15) is 14.1 Å². The Balaban J connectivity index is 1.25. The first-order valence-electron chi connectivity index (χ1n) is 12.6. The average molecular weight is 504 g/mol. The van der Waals surface area contributed by atoms with Gasteiger partial charge in [-0.3, -0.25) is 9.69 Å². The Morgan fingerprint density at radius 3 is 2.31 bits per heavy atom. The molecule has 7 heteroatoms. The molecule has 0 radical (unpaired) electrons. The molecule has 1 saturated heterocycles. The van der Waals surface area contributed by atoms with Gasteiger partial charge in [-0.2, -0.15) is 0 Å². The molecule has 2 aliphatic rings. The van der Waals surface area contributed by atoms with Gasteiger partial charge in [-0.1, -0.05) is 48.5 Å². The fourth-order valence-corrected chi connectivity index (χ4v) is 6.85. The molecule has 0 aromatic heterocycles. The molecule has 0 bridgehead atoms. The summed E-state index contributed by atoms with van der Waals surface area (Å²) >= 11 is 0. The summed E-state index contributed by atoms with van der Waals surface area (Å²) in [6.45, 7) is 9.19. The SMILES string of the molecule is Cc1ccc2c(c1C)N(CCCN1CCN(C(C(=O)O)c3ccccc3)CC1)c1ccccc1S2=O. The minimum absolute atomic E-state index is 0.596. The van der Waals surface area contributed by atoms with Crippen LogP contribution in [0.5, 0.6) is 0 Å². The maximum absolute atomic E-state index is 13.3. The zero-order chi connectivity index (χ0) is 25.2. The quantitative estimate of drug-likeness (QED) is 0.502. The highest BCUT2D eigenvalue weighted by Gasteiger charge is 2.31. The molecule has 6 nitrogen and oxygen atoms in total. The van der Waals surface area contributed by atoms with E-state index in [1.165, 1.54) is 11.1 Å². The van der Waals surface area contributed by atoms with E-state index in [2.05, 4.69) is 40.7 Å². The number of aryl methyl sites for hydroxylation is 1. The second kappa shape index (κ2) is 10.5. The monoisotopic (exact) mass is 503 g/mol. The number of para-hydroxylation sites is 1. The highest BCUT2D eigenvalue weighted by atomic mass is 32.2. The number of hydrogen-bond donors (Lipinski definition) is 1. The Morgan fingerprint density at radius 2 is 1.58 bits per heavy atom. The Hall–Kier alpha value is -3.00. The normalized spacial score (nSPS) is 18.9. The van der Waals surface area contributed by atoms with E-state index in [4.69, 9.17) is 0 Å². The van der Waals surface area contributed by atoms with Crippen LogP contribution in [0.1, 0.15) is 29.2 Å². The molecule has 0 amide bonds. The van der Waals surface area contributed by atoms with E-state index in [1.807, 2.05) is 54.6 Å². The number of nitrogens with zero attached hydrogens (tertiary/aromatic N) is 3. The fraction of sp³-hybridized carbons (Fsp3) is 0.345. The summed E-state index contributed by atoms with van der Waals surface area (Å²) in [7, 11) is -1.17. The zero-order valence-electron chi connectivity index (χ0n) is 20.9. The maximum atomic E-state index is 13.3. The van der Waals surface area contributed by atoms with Crippen molar-refractivity contribution in [2.75, 3.05) is 44.2 Å². The van der Waals surface area contributed by atoms with E-state index >= 15 is 0 Å². The minimum Gasteiger partial charge on any atom is -0.480 e. The van der Waals surface area contributed by atoms with Gasteiger partial charge in [0.2, 0.25) is 0 Å². The largest absolute Gasteiger partial charge is 0.480 e. The molecule has 2 heterocycles. The Labute approximate surface area is 215 Å². The van der Waals surface area contributed by atoms with Crippen molar-refractivity contribution in [3.8, 4) is 0 Å². The molecule has 36 heavy (non-hydrogen) atoms. The second-order valence-electron chi connectivity index (χ2n) is 9.62. The predicted molar refractivity (Wildman–Crippen MR) is 143 cm³/mol. The van der Waals surface area contributed by atoms with Crippen LogP contribution in [0.2, 0.25) is 0 Å². The molecule has 0 aliphatic carbocycles. The molecular weight excluding hydrogens is 470 g/mol. The molecular formula is C29H33N3O3S. The van der Waals surface area contributed by atoms with Crippen LogP contribution in [0.4, 0.5) is 11.4 Å². The van der Waals surface area contributed by atoms with Gasteiger partial charge >= 0.3 is 5.97 Å². The third-order valence-corrected chi connectivity index (χ3v) is 8.94. The van der Waals surface area contributed by atoms with Crippen LogP contribution >= 0.6 is 0 Å². The third-order valence-electron chi connectivity index (χ3n) is 7.47. The third kappa shape index (κ3) is 4.71. The summed E-state index contributed by atoms with van der Waals surface area (Å²) in [5.74, 6) is -0.792. The van der Waals surface area contributed by atoms with Gasteiger partial charge in [0.1, 0.15) is 6.04 Å². The van der Waals surface area contributed by atoms with E-state index in [0.29, 0.717) is 0 Å². The number of carbonyl (C=O) groups is 1. The number of fused-ring (bicyclic) bond motifs is 2. The lowest BCUT2D eigenvalue weighted by Gasteiger charge is -2.38. The first-order valence-corrected chi connectivity index (χ1v) is 13.7. The molecule has 1 fully saturated rings. The molecule has 0 spiro atoms. The Morgan fingerprint density at radius 1 is 0.889 bits per heavy atom. The van der Waals surface area contributed by atoms with Crippen LogP contribution in [0, 0.1) is 13.8 Å². The zero-order valence-corrected chi connectivity index (χ0v) is 21.7. The topological polar surface area (TPSA) is 64.1 Å². The standard InChI is InChI=1S/C29H33N3O3S/c1-21-13-14-26-27(22(21)2)32(24-11-6-7-12-25(24)36(26)35)16-8-15-30-17-19-31(20-18-30)28(29(33)34)23-9-4-3-5-10-23/h3-7,9-14,28H,8,15-20H2,1-2H3,(H,33,34). The molecule has 2 aliphatic heterocycles. The van der Waals surface area contributed by atoms with Gasteiger partial charge in [-0.15, -0.1) is 0 Å². The van der Waals surface area contributed by atoms with Crippen molar-refractivity contribution in [1.29, 1.82) is 0 Å². The van der Waals surface area contributed by atoms with Gasteiger partial charge in [0.05, 0.1) is 32.0 Å². The van der Waals surface area contributed by atoms with E-state index in [0.717, 1.165) is 72.4 Å². The van der Waals surface area contributed by atoms with Crippen LogP contribution in [0.25, 0.3) is 0 Å². The van der Waals surface area contributed by atoms with Crippen molar-refractivity contribution in [2.45, 2.75) is 36.1 Å². The maximum Gasteiger partial charge on any atom is 0.325 e. The lowest BCUT2D eigenvalue weighted by Crippen LogP contribution is -2.49. The summed E-state index contributed by atoms with van der Waals surface area (Å²) < 4.78 is 13.3. The van der Waals surface area contributed by atoms with Crippen LogP contribution < -0.4 is 4.90 Å². The molecule has 2 atom stereocenters. The van der Waals surface area contributed by atoms with E-state index in [1.54, 1.807) is 0 Å². The molecule has 0 saturated carbocycles. The van der Waals surface area contributed by atoms with Crippen LogP contribution in [0.15, 0.2) is 76.5 Å². The van der Waals surface area contributed by atoms with Gasteiger partial charge in [0.25, 0.3) is 0 Å². The Kier molecular flexibility index (Phi) is 7.23. The van der Waals surface area contributed by atoms with Crippen molar-refractivity contribution in [3.63, 3.8) is 0 Å². The molecule has 1 N–H and O–H groups in total. The van der Waals surface area contributed by atoms with E-state index < -0.39 is 22.8 Å². The van der Waals surface area contributed by atoms with Crippen molar-refractivity contribution in [3.05, 3.63) is 83.4 Å². The number of carboxylic acids is 1. The number of piperazine rings is 1. The molecule has 3 aromatic rings. The summed E-state index contributed by atoms with van der Waals surface area (Å²) in [5.41, 5.74) is 5.35. The molecule has 2 unspecified atom stereocenters.